The summed E-state index contributed by atoms with van der Waals surface area (Å²) < 4.78 is 0. The van der Waals surface area contributed by atoms with Gasteiger partial charge in [0, 0.05) is 7.05 Å². The number of benzene rings is 1. The predicted octanol–water partition coefficient (Wildman–Crippen LogP) is 0.267. The molecule has 0 bridgehead atoms. The van der Waals surface area contributed by atoms with Crippen LogP contribution in [-0.2, 0) is 14.4 Å². The quantitative estimate of drug-likeness (QED) is 0.636. The van der Waals surface area contributed by atoms with Crippen molar-refractivity contribution in [2.45, 2.75) is 12.8 Å². The normalized spacial score (nSPS) is 18.2. The molecule has 1 aromatic carbocycles. The molecule has 1 heterocycles. The molecule has 7 nitrogen and oxygen atoms in total. The van der Waals surface area contributed by atoms with Gasteiger partial charge in [0.05, 0.1) is 11.1 Å². The molecule has 1 aliphatic heterocycles. The van der Waals surface area contributed by atoms with E-state index in [1.54, 1.807) is 12.1 Å². The number of nitrogens with one attached hydrogen (secondary N) is 1. The third kappa shape index (κ3) is 1.81. The third-order valence-corrected chi connectivity index (χ3v) is 3.73. The SMILES string of the molecule is CNC(=O)C1(C(=O)ON2C(=O)c3ccccc3C2=O)CC1. The summed E-state index contributed by atoms with van der Waals surface area (Å²) in [6.07, 6.45) is 0.684. The van der Waals surface area contributed by atoms with Crippen LogP contribution in [0.25, 0.3) is 0 Å². The van der Waals surface area contributed by atoms with Crippen LogP contribution >= 0.6 is 0 Å². The largest absolute Gasteiger partial charge is 0.358 e. The van der Waals surface area contributed by atoms with E-state index < -0.39 is 29.1 Å². The number of hydrogen-bond acceptors (Lipinski definition) is 5. The lowest BCUT2D eigenvalue weighted by Crippen LogP contribution is -2.41. The summed E-state index contributed by atoms with van der Waals surface area (Å²) in [4.78, 5) is 52.8. The molecule has 0 aromatic heterocycles. The highest BCUT2D eigenvalue weighted by atomic mass is 16.7. The average molecular weight is 288 g/mol. The first-order valence-corrected chi connectivity index (χ1v) is 6.43. The van der Waals surface area contributed by atoms with Crippen LogP contribution in [0, 0.1) is 5.41 Å². The highest BCUT2D eigenvalue weighted by Crippen LogP contribution is 2.47. The van der Waals surface area contributed by atoms with Gasteiger partial charge in [-0.25, -0.2) is 4.79 Å². The van der Waals surface area contributed by atoms with Gasteiger partial charge in [0.1, 0.15) is 5.41 Å². The molecule has 1 saturated carbocycles. The summed E-state index contributed by atoms with van der Waals surface area (Å²) in [5.41, 5.74) is -0.912. The fourth-order valence-corrected chi connectivity index (χ4v) is 2.31. The third-order valence-electron chi connectivity index (χ3n) is 3.73. The summed E-state index contributed by atoms with van der Waals surface area (Å²) in [6, 6.07) is 6.19. The molecule has 2 aliphatic rings. The van der Waals surface area contributed by atoms with E-state index in [1.807, 2.05) is 0 Å². The first kappa shape index (κ1) is 13.3. The van der Waals surface area contributed by atoms with Crippen LogP contribution in [0.4, 0.5) is 0 Å². The van der Waals surface area contributed by atoms with Crippen molar-refractivity contribution in [2.75, 3.05) is 7.05 Å². The minimum atomic E-state index is -1.27. The standard InChI is InChI=1S/C14H12N2O5/c1-15-12(19)14(6-7-14)13(20)21-16-10(17)8-4-2-3-5-9(8)11(16)18/h2-5H,6-7H2,1H3,(H,15,19). The zero-order valence-corrected chi connectivity index (χ0v) is 11.2. The number of imide groups is 1. The number of hydroxylamine groups is 2. The van der Waals surface area contributed by atoms with Crippen LogP contribution in [-0.4, -0.2) is 35.8 Å². The maximum absolute atomic E-state index is 12.1. The number of carbonyl (C=O) groups excluding carboxylic acids is 4. The Hall–Kier alpha value is -2.70. The van der Waals surface area contributed by atoms with Gasteiger partial charge in [-0.3, -0.25) is 14.4 Å². The topological polar surface area (TPSA) is 92.8 Å². The summed E-state index contributed by atoms with van der Waals surface area (Å²) >= 11 is 0. The Kier molecular flexibility index (Phi) is 2.79. The van der Waals surface area contributed by atoms with E-state index in [9.17, 15) is 19.2 Å². The van der Waals surface area contributed by atoms with Gasteiger partial charge in [-0.1, -0.05) is 17.2 Å². The van der Waals surface area contributed by atoms with Gasteiger partial charge in [-0.2, -0.15) is 0 Å². The van der Waals surface area contributed by atoms with Crippen molar-refractivity contribution in [2.24, 2.45) is 5.41 Å². The number of amides is 3. The molecule has 0 atom stereocenters. The van der Waals surface area contributed by atoms with Gasteiger partial charge >= 0.3 is 5.97 Å². The lowest BCUT2D eigenvalue weighted by atomic mass is 10.1. The van der Waals surface area contributed by atoms with E-state index >= 15 is 0 Å². The van der Waals surface area contributed by atoms with Crippen LogP contribution in [0.5, 0.6) is 0 Å². The maximum atomic E-state index is 12.1. The Morgan fingerprint density at radius 1 is 1.14 bits per heavy atom. The Bertz CT molecular complexity index is 643. The van der Waals surface area contributed by atoms with Crippen LogP contribution in [0.1, 0.15) is 33.6 Å². The maximum Gasteiger partial charge on any atom is 0.348 e. The summed E-state index contributed by atoms with van der Waals surface area (Å²) in [5.74, 6) is -2.74. The minimum absolute atomic E-state index is 0.181. The molecular formula is C14H12N2O5. The summed E-state index contributed by atoms with van der Waals surface area (Å²) in [7, 11) is 1.41. The zero-order valence-electron chi connectivity index (χ0n) is 11.2. The molecule has 1 aromatic rings. The van der Waals surface area contributed by atoms with E-state index in [2.05, 4.69) is 5.32 Å². The summed E-state index contributed by atoms with van der Waals surface area (Å²) in [6.45, 7) is 0. The Balaban J connectivity index is 1.82. The van der Waals surface area contributed by atoms with Crippen molar-refractivity contribution in [1.82, 2.24) is 10.4 Å². The lowest BCUT2D eigenvalue weighted by molar-refractivity contribution is -0.177. The molecule has 1 N–H and O–H groups in total. The highest BCUT2D eigenvalue weighted by Gasteiger charge is 2.59. The summed E-state index contributed by atoms with van der Waals surface area (Å²) in [5, 5.41) is 2.81. The van der Waals surface area contributed by atoms with Crippen LogP contribution in [0.15, 0.2) is 24.3 Å². The molecular weight excluding hydrogens is 276 g/mol. The van der Waals surface area contributed by atoms with Crippen LogP contribution < -0.4 is 5.32 Å². The van der Waals surface area contributed by atoms with Gasteiger partial charge in [0.25, 0.3) is 11.8 Å². The average Bonchev–Trinajstić information content (AvgIpc) is 3.28. The van der Waals surface area contributed by atoms with E-state index in [0.29, 0.717) is 17.9 Å². The second-order valence-electron chi connectivity index (χ2n) is 4.99. The van der Waals surface area contributed by atoms with Gasteiger partial charge in [0.15, 0.2) is 0 Å². The zero-order chi connectivity index (χ0) is 15.2. The van der Waals surface area contributed by atoms with Crippen molar-refractivity contribution in [3.8, 4) is 0 Å². The number of hydrogen-bond donors (Lipinski definition) is 1. The molecule has 0 saturated heterocycles. The number of fused-ring (bicyclic) bond motifs is 1. The smallest absolute Gasteiger partial charge is 0.348 e. The minimum Gasteiger partial charge on any atom is -0.358 e. The second-order valence-corrected chi connectivity index (χ2v) is 4.99. The van der Waals surface area contributed by atoms with E-state index in [0.717, 1.165) is 0 Å². The van der Waals surface area contributed by atoms with E-state index in [1.165, 1.54) is 19.2 Å². The van der Waals surface area contributed by atoms with Crippen LogP contribution in [0.2, 0.25) is 0 Å². The molecule has 3 amide bonds. The molecule has 7 heteroatoms. The van der Waals surface area contributed by atoms with Crippen molar-refractivity contribution in [3.63, 3.8) is 0 Å². The second kappa shape index (κ2) is 4.41. The lowest BCUT2D eigenvalue weighted by Gasteiger charge is -2.17. The molecule has 21 heavy (non-hydrogen) atoms. The molecule has 0 radical (unpaired) electrons. The van der Waals surface area contributed by atoms with Crippen molar-refractivity contribution < 1.29 is 24.0 Å². The predicted molar refractivity (Wildman–Crippen MR) is 68.8 cm³/mol. The van der Waals surface area contributed by atoms with E-state index in [4.69, 9.17) is 4.84 Å². The highest BCUT2D eigenvalue weighted by molar-refractivity contribution is 6.21. The Labute approximate surface area is 119 Å². The van der Waals surface area contributed by atoms with Crippen molar-refractivity contribution in [3.05, 3.63) is 35.4 Å². The van der Waals surface area contributed by atoms with Gasteiger partial charge in [-0.15, -0.1) is 0 Å². The fraction of sp³-hybridized carbons (Fsp3) is 0.286. The monoisotopic (exact) mass is 288 g/mol. The fourth-order valence-electron chi connectivity index (χ4n) is 2.31. The molecule has 108 valence electrons. The first-order chi connectivity index (χ1) is 10.0. The molecule has 1 aliphatic carbocycles. The molecule has 0 unspecified atom stereocenters. The van der Waals surface area contributed by atoms with Crippen molar-refractivity contribution >= 4 is 23.7 Å². The number of carbonyl (C=O) groups is 4. The van der Waals surface area contributed by atoms with Crippen molar-refractivity contribution in [1.29, 1.82) is 0 Å². The number of nitrogens with zero attached hydrogens (tertiary/aromatic N) is 1. The Morgan fingerprint density at radius 2 is 1.67 bits per heavy atom. The Morgan fingerprint density at radius 3 is 2.10 bits per heavy atom. The molecule has 0 spiro atoms. The molecule has 1 fully saturated rings. The van der Waals surface area contributed by atoms with Gasteiger partial charge < -0.3 is 10.2 Å². The van der Waals surface area contributed by atoms with Crippen LogP contribution in [0.3, 0.4) is 0 Å². The van der Waals surface area contributed by atoms with Gasteiger partial charge in [-0.05, 0) is 25.0 Å². The van der Waals surface area contributed by atoms with Gasteiger partial charge in [0.2, 0.25) is 5.91 Å². The van der Waals surface area contributed by atoms with E-state index in [-0.39, 0.29) is 11.1 Å². The number of rotatable bonds is 3. The molecule has 3 rings (SSSR count). The first-order valence-electron chi connectivity index (χ1n) is 6.43.